The van der Waals surface area contributed by atoms with Gasteiger partial charge >= 0.3 is 0 Å². The van der Waals surface area contributed by atoms with E-state index in [0.29, 0.717) is 17.9 Å². The Morgan fingerprint density at radius 3 is 2.50 bits per heavy atom. The number of benzene rings is 1. The Balaban J connectivity index is 1.71. The Labute approximate surface area is 132 Å². The number of hydrogen-bond donors (Lipinski definition) is 0. The Morgan fingerprint density at radius 2 is 1.77 bits per heavy atom. The van der Waals surface area contributed by atoms with Crippen LogP contribution in [0.3, 0.4) is 0 Å². The second-order valence-electron chi connectivity index (χ2n) is 4.85. The molecule has 1 saturated heterocycles. The molecule has 1 aliphatic heterocycles. The summed E-state index contributed by atoms with van der Waals surface area (Å²) < 4.78 is 0. The largest absolute Gasteiger partial charge is 0.293 e. The van der Waals surface area contributed by atoms with Crippen molar-refractivity contribution in [2.75, 3.05) is 6.54 Å². The van der Waals surface area contributed by atoms with Crippen LogP contribution in [-0.4, -0.2) is 27.6 Å². The molecule has 2 aromatic rings. The number of aromatic nitrogens is 1. The van der Waals surface area contributed by atoms with Gasteiger partial charge in [0.15, 0.2) is 0 Å². The van der Waals surface area contributed by atoms with Crippen LogP contribution in [0.5, 0.6) is 0 Å². The molecule has 110 valence electrons. The topological polar surface area (TPSA) is 50.3 Å². The molecule has 4 nitrogen and oxygen atoms in total. The third kappa shape index (κ3) is 3.26. The molecule has 0 unspecified atom stereocenters. The summed E-state index contributed by atoms with van der Waals surface area (Å²) in [6.07, 6.45) is 5.72. The minimum Gasteiger partial charge on any atom is -0.268 e. The molecular weight excluding hydrogens is 296 g/mol. The van der Waals surface area contributed by atoms with E-state index in [0.717, 1.165) is 22.9 Å². The van der Waals surface area contributed by atoms with Crippen molar-refractivity contribution in [1.82, 2.24) is 9.88 Å². The molecule has 2 amide bonds. The first-order chi connectivity index (χ1) is 10.7. The summed E-state index contributed by atoms with van der Waals surface area (Å²) >= 11 is 0.990. The average Bonchev–Trinajstić information content (AvgIpc) is 2.81. The molecule has 5 heteroatoms. The molecule has 0 aliphatic carbocycles. The Kier molecular flexibility index (Phi) is 4.34. The van der Waals surface area contributed by atoms with Gasteiger partial charge in [-0.25, -0.2) is 0 Å². The number of hydrogen-bond acceptors (Lipinski definition) is 4. The fourth-order valence-electron chi connectivity index (χ4n) is 2.19. The van der Waals surface area contributed by atoms with E-state index in [4.69, 9.17) is 0 Å². The van der Waals surface area contributed by atoms with Crippen LogP contribution in [0.4, 0.5) is 4.79 Å². The fourth-order valence-corrected chi connectivity index (χ4v) is 3.05. The maximum absolute atomic E-state index is 12.3. The first-order valence-electron chi connectivity index (χ1n) is 6.93. The van der Waals surface area contributed by atoms with Crippen molar-refractivity contribution in [3.63, 3.8) is 0 Å². The van der Waals surface area contributed by atoms with Crippen LogP contribution in [0.2, 0.25) is 0 Å². The number of nitrogens with zero attached hydrogens (tertiary/aromatic N) is 2. The average molecular weight is 310 g/mol. The highest BCUT2D eigenvalue weighted by atomic mass is 32.2. The molecule has 1 aromatic carbocycles. The SMILES string of the molecule is O=C1S/C(=C\c2ccncc2)C(=O)N1CCc1ccccc1. The van der Waals surface area contributed by atoms with E-state index in [-0.39, 0.29) is 11.1 Å². The quantitative estimate of drug-likeness (QED) is 0.813. The van der Waals surface area contributed by atoms with Gasteiger partial charge in [-0.2, -0.15) is 0 Å². The lowest BCUT2D eigenvalue weighted by molar-refractivity contribution is -0.122. The van der Waals surface area contributed by atoms with E-state index < -0.39 is 0 Å². The molecule has 0 bridgehead atoms. The smallest absolute Gasteiger partial charge is 0.268 e. The summed E-state index contributed by atoms with van der Waals surface area (Å²) in [6.45, 7) is 0.405. The number of rotatable bonds is 4. The van der Waals surface area contributed by atoms with Gasteiger partial charge in [-0.05, 0) is 47.5 Å². The first-order valence-corrected chi connectivity index (χ1v) is 7.75. The number of thioether (sulfide) groups is 1. The second kappa shape index (κ2) is 6.58. The first kappa shape index (κ1) is 14.5. The number of amides is 2. The zero-order valence-electron chi connectivity index (χ0n) is 11.8. The van der Waals surface area contributed by atoms with Gasteiger partial charge in [0, 0.05) is 18.9 Å². The molecule has 1 fully saturated rings. The fraction of sp³-hybridized carbons (Fsp3) is 0.118. The van der Waals surface area contributed by atoms with Gasteiger partial charge in [-0.3, -0.25) is 19.5 Å². The number of pyridine rings is 1. The van der Waals surface area contributed by atoms with Gasteiger partial charge in [0.25, 0.3) is 11.1 Å². The standard InChI is InChI=1S/C17H14N2O2S/c20-16-15(12-14-6-9-18-10-7-14)22-17(21)19(16)11-8-13-4-2-1-3-5-13/h1-7,9-10,12H,8,11H2/b15-12-. The summed E-state index contributed by atoms with van der Waals surface area (Å²) in [5.74, 6) is -0.220. The van der Waals surface area contributed by atoms with Gasteiger partial charge < -0.3 is 0 Å². The van der Waals surface area contributed by atoms with Gasteiger partial charge in [-0.1, -0.05) is 30.3 Å². The van der Waals surface area contributed by atoms with Crippen molar-refractivity contribution in [3.05, 3.63) is 70.9 Å². The van der Waals surface area contributed by atoms with Crippen LogP contribution >= 0.6 is 11.8 Å². The maximum Gasteiger partial charge on any atom is 0.293 e. The van der Waals surface area contributed by atoms with E-state index in [1.54, 1.807) is 30.6 Å². The third-order valence-electron chi connectivity index (χ3n) is 3.34. The molecule has 0 N–H and O–H groups in total. The van der Waals surface area contributed by atoms with Crippen molar-refractivity contribution < 1.29 is 9.59 Å². The normalized spacial score (nSPS) is 16.5. The van der Waals surface area contributed by atoms with Gasteiger partial charge in [0.05, 0.1) is 4.91 Å². The van der Waals surface area contributed by atoms with E-state index in [2.05, 4.69) is 4.98 Å². The van der Waals surface area contributed by atoms with Crippen molar-refractivity contribution in [1.29, 1.82) is 0 Å². The number of carbonyl (C=O) groups is 2. The van der Waals surface area contributed by atoms with Crippen LogP contribution in [0.15, 0.2) is 59.8 Å². The lowest BCUT2D eigenvalue weighted by Gasteiger charge is -2.12. The van der Waals surface area contributed by atoms with E-state index >= 15 is 0 Å². The second-order valence-corrected chi connectivity index (χ2v) is 5.84. The zero-order chi connectivity index (χ0) is 15.4. The Morgan fingerprint density at radius 1 is 1.05 bits per heavy atom. The minimum absolute atomic E-state index is 0.207. The highest BCUT2D eigenvalue weighted by molar-refractivity contribution is 8.18. The van der Waals surface area contributed by atoms with E-state index in [1.165, 1.54) is 4.90 Å². The summed E-state index contributed by atoms with van der Waals surface area (Å²) in [6, 6.07) is 13.4. The van der Waals surface area contributed by atoms with Gasteiger partial charge in [0.1, 0.15) is 0 Å². The molecule has 0 saturated carbocycles. The lowest BCUT2D eigenvalue weighted by atomic mass is 10.1. The number of imide groups is 1. The predicted molar refractivity (Wildman–Crippen MR) is 87.1 cm³/mol. The van der Waals surface area contributed by atoms with E-state index in [1.807, 2.05) is 30.3 Å². The summed E-state index contributed by atoms with van der Waals surface area (Å²) in [4.78, 5) is 30.1. The van der Waals surface area contributed by atoms with Crippen LogP contribution < -0.4 is 0 Å². The molecule has 22 heavy (non-hydrogen) atoms. The zero-order valence-corrected chi connectivity index (χ0v) is 12.6. The highest BCUT2D eigenvalue weighted by Crippen LogP contribution is 2.32. The predicted octanol–water partition coefficient (Wildman–Crippen LogP) is 3.36. The maximum atomic E-state index is 12.3. The summed E-state index contributed by atoms with van der Waals surface area (Å²) in [7, 11) is 0. The van der Waals surface area contributed by atoms with Crippen LogP contribution in [0, 0.1) is 0 Å². The molecule has 1 aliphatic rings. The summed E-state index contributed by atoms with van der Waals surface area (Å²) in [5.41, 5.74) is 1.98. The van der Waals surface area contributed by atoms with Crippen molar-refractivity contribution in [2.45, 2.75) is 6.42 Å². The van der Waals surface area contributed by atoms with Crippen LogP contribution in [0.1, 0.15) is 11.1 Å². The van der Waals surface area contributed by atoms with Crippen molar-refractivity contribution in [3.8, 4) is 0 Å². The minimum atomic E-state index is -0.220. The molecular formula is C17H14N2O2S. The van der Waals surface area contributed by atoms with Gasteiger partial charge in [-0.15, -0.1) is 0 Å². The molecule has 0 atom stereocenters. The summed E-state index contributed by atoms with van der Waals surface area (Å²) in [5, 5.41) is -0.207. The van der Waals surface area contributed by atoms with Crippen molar-refractivity contribution >= 4 is 29.0 Å². The van der Waals surface area contributed by atoms with Crippen molar-refractivity contribution in [2.24, 2.45) is 0 Å². The monoisotopic (exact) mass is 310 g/mol. The van der Waals surface area contributed by atoms with Crippen LogP contribution in [-0.2, 0) is 11.2 Å². The third-order valence-corrected chi connectivity index (χ3v) is 4.25. The molecule has 0 radical (unpaired) electrons. The Bertz CT molecular complexity index is 714. The number of carbonyl (C=O) groups excluding carboxylic acids is 2. The molecule has 1 aromatic heterocycles. The Hall–Kier alpha value is -2.40. The van der Waals surface area contributed by atoms with Gasteiger partial charge in [0.2, 0.25) is 0 Å². The lowest BCUT2D eigenvalue weighted by Crippen LogP contribution is -2.30. The van der Waals surface area contributed by atoms with E-state index in [9.17, 15) is 9.59 Å². The molecule has 2 heterocycles. The van der Waals surface area contributed by atoms with Crippen LogP contribution in [0.25, 0.3) is 6.08 Å². The highest BCUT2D eigenvalue weighted by Gasteiger charge is 2.34. The molecule has 3 rings (SSSR count). The molecule has 0 spiro atoms.